The molecule has 0 aliphatic heterocycles. The van der Waals surface area contributed by atoms with Gasteiger partial charge in [-0.3, -0.25) is 4.79 Å². The van der Waals surface area contributed by atoms with Gasteiger partial charge in [0.05, 0.1) is 6.04 Å². The van der Waals surface area contributed by atoms with Gasteiger partial charge in [0, 0.05) is 5.69 Å². The number of halogens is 1. The average molecular weight is 258 g/mol. The van der Waals surface area contributed by atoms with E-state index in [1.165, 1.54) is 24.3 Å². The first-order chi connectivity index (χ1) is 9.15. The van der Waals surface area contributed by atoms with Gasteiger partial charge in [0.2, 0.25) is 5.91 Å². The van der Waals surface area contributed by atoms with E-state index in [0.29, 0.717) is 12.1 Å². The number of carbonyl (C=O) groups excluding carboxylic acids is 1. The summed E-state index contributed by atoms with van der Waals surface area (Å²) in [5.74, 6) is -0.623. The van der Waals surface area contributed by atoms with Gasteiger partial charge in [-0.05, 0) is 36.2 Å². The van der Waals surface area contributed by atoms with E-state index in [1.807, 2.05) is 30.3 Å². The van der Waals surface area contributed by atoms with Crippen LogP contribution >= 0.6 is 0 Å². The maximum absolute atomic E-state index is 12.7. The Morgan fingerprint density at radius 3 is 2.37 bits per heavy atom. The molecule has 0 saturated heterocycles. The van der Waals surface area contributed by atoms with Crippen molar-refractivity contribution in [3.63, 3.8) is 0 Å². The van der Waals surface area contributed by atoms with Crippen LogP contribution in [-0.4, -0.2) is 11.9 Å². The number of anilines is 1. The summed E-state index contributed by atoms with van der Waals surface area (Å²) in [7, 11) is 0. The highest BCUT2D eigenvalue weighted by Gasteiger charge is 2.14. The Balaban J connectivity index is 1.94. The number of carbonyl (C=O) groups is 1. The summed E-state index contributed by atoms with van der Waals surface area (Å²) in [6, 6.07) is 14.5. The molecule has 2 rings (SSSR count). The van der Waals surface area contributed by atoms with Crippen LogP contribution in [0.5, 0.6) is 0 Å². The lowest BCUT2D eigenvalue weighted by Crippen LogP contribution is -2.37. The number of nitrogens with one attached hydrogen (secondary N) is 1. The molecule has 0 aromatic heterocycles. The molecule has 2 aromatic rings. The molecule has 19 heavy (non-hydrogen) atoms. The van der Waals surface area contributed by atoms with Crippen LogP contribution in [0.4, 0.5) is 10.1 Å². The number of rotatable bonds is 4. The lowest BCUT2D eigenvalue weighted by molar-refractivity contribution is -0.117. The Kier molecular flexibility index (Phi) is 4.26. The van der Waals surface area contributed by atoms with Gasteiger partial charge in [-0.25, -0.2) is 4.39 Å². The van der Waals surface area contributed by atoms with Crippen molar-refractivity contribution >= 4 is 11.6 Å². The summed E-state index contributed by atoms with van der Waals surface area (Å²) in [5, 5.41) is 2.66. The number of amides is 1. The lowest BCUT2D eigenvalue weighted by atomic mass is 10.1. The van der Waals surface area contributed by atoms with Gasteiger partial charge in [0.1, 0.15) is 5.82 Å². The van der Waals surface area contributed by atoms with Crippen molar-refractivity contribution in [3.8, 4) is 0 Å². The third kappa shape index (κ3) is 3.89. The summed E-state index contributed by atoms with van der Waals surface area (Å²) >= 11 is 0. The third-order valence-corrected chi connectivity index (χ3v) is 2.75. The van der Waals surface area contributed by atoms with E-state index in [4.69, 9.17) is 5.73 Å². The molecule has 0 spiro atoms. The molecule has 0 bridgehead atoms. The summed E-state index contributed by atoms with van der Waals surface area (Å²) in [6.07, 6.45) is 0.466. The minimum atomic E-state index is -0.632. The zero-order valence-electron chi connectivity index (χ0n) is 10.3. The third-order valence-electron chi connectivity index (χ3n) is 2.75. The fourth-order valence-corrected chi connectivity index (χ4v) is 1.73. The topological polar surface area (TPSA) is 55.1 Å². The van der Waals surface area contributed by atoms with Crippen molar-refractivity contribution in [2.75, 3.05) is 5.32 Å². The molecule has 3 nitrogen and oxygen atoms in total. The second kappa shape index (κ2) is 6.11. The van der Waals surface area contributed by atoms with Gasteiger partial charge in [0.15, 0.2) is 0 Å². The molecule has 0 saturated carbocycles. The molecule has 4 heteroatoms. The summed E-state index contributed by atoms with van der Waals surface area (Å²) in [4.78, 5) is 11.9. The van der Waals surface area contributed by atoms with Crippen LogP contribution in [0.25, 0.3) is 0 Å². The van der Waals surface area contributed by atoms with E-state index in [1.54, 1.807) is 0 Å². The summed E-state index contributed by atoms with van der Waals surface area (Å²) in [5.41, 5.74) is 7.38. The average Bonchev–Trinajstić information content (AvgIpc) is 2.42. The first-order valence-electron chi connectivity index (χ1n) is 6.01. The van der Waals surface area contributed by atoms with Gasteiger partial charge < -0.3 is 11.1 Å². The summed E-state index contributed by atoms with van der Waals surface area (Å²) < 4.78 is 12.7. The van der Waals surface area contributed by atoms with Crippen molar-refractivity contribution in [1.29, 1.82) is 0 Å². The molecule has 0 aliphatic carbocycles. The second-order valence-electron chi connectivity index (χ2n) is 4.29. The van der Waals surface area contributed by atoms with Crippen LogP contribution in [0.1, 0.15) is 5.56 Å². The maximum Gasteiger partial charge on any atom is 0.241 e. The van der Waals surface area contributed by atoms with Gasteiger partial charge in [-0.1, -0.05) is 30.3 Å². The minimum absolute atomic E-state index is 0.282. The zero-order chi connectivity index (χ0) is 13.7. The molecular weight excluding hydrogens is 243 g/mol. The molecule has 0 heterocycles. The number of nitrogens with two attached hydrogens (primary N) is 1. The highest BCUT2D eigenvalue weighted by molar-refractivity contribution is 5.94. The molecule has 0 unspecified atom stereocenters. The van der Waals surface area contributed by atoms with E-state index < -0.39 is 6.04 Å². The Hall–Kier alpha value is -2.20. The highest BCUT2D eigenvalue weighted by atomic mass is 19.1. The Labute approximate surface area is 111 Å². The first kappa shape index (κ1) is 13.2. The van der Waals surface area contributed by atoms with E-state index >= 15 is 0 Å². The molecule has 0 radical (unpaired) electrons. The van der Waals surface area contributed by atoms with E-state index in [9.17, 15) is 9.18 Å². The summed E-state index contributed by atoms with van der Waals surface area (Å²) in [6.45, 7) is 0. The quantitative estimate of drug-likeness (QED) is 0.884. The van der Waals surface area contributed by atoms with Gasteiger partial charge in [0.25, 0.3) is 0 Å². The van der Waals surface area contributed by atoms with Gasteiger partial charge in [-0.2, -0.15) is 0 Å². The highest BCUT2D eigenvalue weighted by Crippen LogP contribution is 2.09. The van der Waals surface area contributed by atoms with Crippen molar-refractivity contribution in [1.82, 2.24) is 0 Å². The van der Waals surface area contributed by atoms with E-state index in [2.05, 4.69) is 5.32 Å². The van der Waals surface area contributed by atoms with Crippen LogP contribution in [0.15, 0.2) is 54.6 Å². The van der Waals surface area contributed by atoms with Crippen LogP contribution in [0, 0.1) is 5.82 Å². The maximum atomic E-state index is 12.7. The molecular formula is C15H15FN2O. The first-order valence-corrected chi connectivity index (χ1v) is 6.01. The smallest absolute Gasteiger partial charge is 0.241 e. The Morgan fingerprint density at radius 2 is 1.74 bits per heavy atom. The molecule has 0 aliphatic rings. The zero-order valence-corrected chi connectivity index (χ0v) is 10.3. The standard InChI is InChI=1S/C15H15FN2O/c16-12-6-8-13(9-7-12)18-15(19)14(17)10-11-4-2-1-3-5-11/h1-9,14H,10,17H2,(H,18,19)/t14-/m1/s1. The van der Waals surface area contributed by atoms with Gasteiger partial charge in [-0.15, -0.1) is 0 Å². The second-order valence-corrected chi connectivity index (χ2v) is 4.29. The Bertz CT molecular complexity index is 540. The molecule has 0 fully saturated rings. The molecule has 98 valence electrons. The van der Waals surface area contributed by atoms with Crippen LogP contribution in [0.2, 0.25) is 0 Å². The van der Waals surface area contributed by atoms with E-state index in [0.717, 1.165) is 5.56 Å². The van der Waals surface area contributed by atoms with Crippen molar-refractivity contribution in [2.24, 2.45) is 5.73 Å². The Morgan fingerprint density at radius 1 is 1.11 bits per heavy atom. The predicted octanol–water partition coefficient (Wildman–Crippen LogP) is 2.33. The largest absolute Gasteiger partial charge is 0.325 e. The fourth-order valence-electron chi connectivity index (χ4n) is 1.73. The number of hydrogen-bond donors (Lipinski definition) is 2. The van der Waals surface area contributed by atoms with Crippen LogP contribution < -0.4 is 11.1 Å². The lowest BCUT2D eigenvalue weighted by Gasteiger charge is -2.12. The number of benzene rings is 2. The van der Waals surface area contributed by atoms with Crippen molar-refractivity contribution < 1.29 is 9.18 Å². The molecule has 3 N–H and O–H groups in total. The molecule has 1 amide bonds. The fraction of sp³-hybridized carbons (Fsp3) is 0.133. The van der Waals surface area contributed by atoms with E-state index in [-0.39, 0.29) is 11.7 Å². The minimum Gasteiger partial charge on any atom is -0.325 e. The van der Waals surface area contributed by atoms with Gasteiger partial charge >= 0.3 is 0 Å². The molecule has 1 atom stereocenters. The monoisotopic (exact) mass is 258 g/mol. The van der Waals surface area contributed by atoms with Crippen LogP contribution in [-0.2, 0) is 11.2 Å². The van der Waals surface area contributed by atoms with Crippen molar-refractivity contribution in [2.45, 2.75) is 12.5 Å². The predicted molar refractivity (Wildman–Crippen MR) is 73.2 cm³/mol. The SMILES string of the molecule is N[C@H](Cc1ccccc1)C(=O)Nc1ccc(F)cc1. The van der Waals surface area contributed by atoms with Crippen molar-refractivity contribution in [3.05, 3.63) is 66.0 Å². The number of hydrogen-bond acceptors (Lipinski definition) is 2. The molecule has 2 aromatic carbocycles. The van der Waals surface area contributed by atoms with Crippen LogP contribution in [0.3, 0.4) is 0 Å². The normalized spacial score (nSPS) is 11.9.